The lowest BCUT2D eigenvalue weighted by Crippen LogP contribution is -2.48. The Labute approximate surface area is 198 Å². The van der Waals surface area contributed by atoms with Crippen LogP contribution < -0.4 is 4.74 Å². The summed E-state index contributed by atoms with van der Waals surface area (Å²) in [5.41, 5.74) is 3.99. The Bertz CT molecular complexity index is 1230. The van der Waals surface area contributed by atoms with E-state index in [9.17, 15) is 9.90 Å². The predicted molar refractivity (Wildman–Crippen MR) is 131 cm³/mol. The number of aliphatic carboxylic acids is 1. The van der Waals surface area contributed by atoms with Crippen molar-refractivity contribution in [2.75, 3.05) is 26.2 Å². The molecular formula is C27H28N4O3. The summed E-state index contributed by atoms with van der Waals surface area (Å²) in [5.74, 6) is -0.109. The highest BCUT2D eigenvalue weighted by atomic mass is 16.5. The highest BCUT2D eigenvalue weighted by Gasteiger charge is 2.32. The first-order valence-electron chi connectivity index (χ1n) is 11.5. The van der Waals surface area contributed by atoms with E-state index in [2.05, 4.69) is 19.8 Å². The third-order valence-electron chi connectivity index (χ3n) is 6.39. The molecular weight excluding hydrogens is 428 g/mol. The molecule has 7 heteroatoms. The van der Waals surface area contributed by atoms with E-state index in [1.165, 1.54) is 5.56 Å². The van der Waals surface area contributed by atoms with E-state index < -0.39 is 12.0 Å². The number of carbonyl (C=O) groups is 1. The maximum atomic E-state index is 12.4. The fraction of sp³-hybridized carbons (Fsp3) is 0.259. The number of nitrogens with zero attached hydrogens (tertiary/aromatic N) is 3. The molecule has 0 aliphatic carbocycles. The van der Waals surface area contributed by atoms with E-state index in [-0.39, 0.29) is 0 Å². The molecule has 0 bridgehead atoms. The van der Waals surface area contributed by atoms with Gasteiger partial charge in [-0.15, -0.1) is 0 Å². The van der Waals surface area contributed by atoms with Gasteiger partial charge in [-0.25, -0.2) is 0 Å². The average Bonchev–Trinajstić information content (AvgIpc) is 3.28. The molecule has 1 unspecified atom stereocenters. The number of fused-ring (bicyclic) bond motifs is 1. The van der Waals surface area contributed by atoms with E-state index in [1.807, 2.05) is 66.9 Å². The number of carboxylic acids is 1. The van der Waals surface area contributed by atoms with Crippen molar-refractivity contribution in [1.29, 1.82) is 0 Å². The van der Waals surface area contributed by atoms with Gasteiger partial charge < -0.3 is 14.8 Å². The van der Waals surface area contributed by atoms with Gasteiger partial charge in [0.2, 0.25) is 0 Å². The summed E-state index contributed by atoms with van der Waals surface area (Å²) in [5, 5.41) is 11.1. The van der Waals surface area contributed by atoms with Gasteiger partial charge in [0.1, 0.15) is 18.4 Å². The molecule has 1 aliphatic rings. The van der Waals surface area contributed by atoms with Crippen molar-refractivity contribution in [3.63, 3.8) is 0 Å². The van der Waals surface area contributed by atoms with E-state index in [0.29, 0.717) is 19.7 Å². The van der Waals surface area contributed by atoms with Crippen LogP contribution in [0.3, 0.4) is 0 Å². The van der Waals surface area contributed by atoms with Crippen LogP contribution in [0.1, 0.15) is 22.7 Å². The van der Waals surface area contributed by atoms with Gasteiger partial charge in [-0.1, -0.05) is 30.3 Å². The molecule has 4 aromatic rings. The zero-order chi connectivity index (χ0) is 23.3. The number of piperazine rings is 1. The Morgan fingerprint density at radius 1 is 1.00 bits per heavy atom. The maximum absolute atomic E-state index is 12.4. The summed E-state index contributed by atoms with van der Waals surface area (Å²) in [6.07, 6.45) is 5.44. The summed E-state index contributed by atoms with van der Waals surface area (Å²) in [6, 6.07) is 19.1. The Kier molecular flexibility index (Phi) is 6.56. The molecule has 0 amide bonds. The smallest absolute Gasteiger partial charge is 0.325 e. The number of aromatic amines is 1. The van der Waals surface area contributed by atoms with Crippen molar-refractivity contribution in [1.82, 2.24) is 19.8 Å². The standard InChI is InChI=1S/C27H28N4O3/c32-27(33)26(31-14-12-30(13-15-31)18-20-8-10-28-11-9-20)24-17-29-25-7-6-22(16-23(24)25)34-19-21-4-2-1-3-5-21/h1-11,16-17,26,29H,12-15,18-19H2,(H,32,33). The van der Waals surface area contributed by atoms with Gasteiger partial charge in [-0.3, -0.25) is 19.6 Å². The monoisotopic (exact) mass is 456 g/mol. The number of nitrogens with one attached hydrogen (secondary N) is 1. The van der Waals surface area contributed by atoms with Crippen LogP contribution in [-0.4, -0.2) is 57.0 Å². The van der Waals surface area contributed by atoms with Crippen molar-refractivity contribution in [2.24, 2.45) is 0 Å². The van der Waals surface area contributed by atoms with E-state index in [0.717, 1.165) is 47.4 Å². The minimum Gasteiger partial charge on any atom is -0.489 e. The van der Waals surface area contributed by atoms with Crippen molar-refractivity contribution >= 4 is 16.9 Å². The minimum absolute atomic E-state index is 0.466. The zero-order valence-electron chi connectivity index (χ0n) is 18.9. The second-order valence-electron chi connectivity index (χ2n) is 8.63. The first kappa shape index (κ1) is 22.1. The average molecular weight is 457 g/mol. The summed E-state index contributed by atoms with van der Waals surface area (Å²) in [7, 11) is 0. The van der Waals surface area contributed by atoms with Crippen LogP contribution >= 0.6 is 0 Å². The second kappa shape index (κ2) is 10.1. The molecule has 7 nitrogen and oxygen atoms in total. The molecule has 1 atom stereocenters. The molecule has 1 aliphatic heterocycles. The van der Waals surface area contributed by atoms with Crippen molar-refractivity contribution < 1.29 is 14.6 Å². The van der Waals surface area contributed by atoms with Gasteiger partial charge in [0.15, 0.2) is 0 Å². The highest BCUT2D eigenvalue weighted by molar-refractivity contribution is 5.90. The maximum Gasteiger partial charge on any atom is 0.325 e. The number of aromatic nitrogens is 2. The van der Waals surface area contributed by atoms with Crippen LogP contribution in [-0.2, 0) is 17.9 Å². The van der Waals surface area contributed by atoms with E-state index >= 15 is 0 Å². The van der Waals surface area contributed by atoms with Crippen LogP contribution in [0.4, 0.5) is 0 Å². The first-order chi connectivity index (χ1) is 16.7. The summed E-state index contributed by atoms with van der Waals surface area (Å²) < 4.78 is 5.99. The Morgan fingerprint density at radius 2 is 1.76 bits per heavy atom. The number of rotatable bonds is 8. The van der Waals surface area contributed by atoms with Gasteiger partial charge in [-0.05, 0) is 41.5 Å². The summed E-state index contributed by atoms with van der Waals surface area (Å²) in [6.45, 7) is 4.34. The fourth-order valence-corrected chi connectivity index (χ4v) is 4.59. The molecule has 5 rings (SSSR count). The Balaban J connectivity index is 1.31. The van der Waals surface area contributed by atoms with Crippen molar-refractivity contribution in [3.8, 4) is 5.75 Å². The zero-order valence-corrected chi connectivity index (χ0v) is 18.9. The quantitative estimate of drug-likeness (QED) is 0.416. The highest BCUT2D eigenvalue weighted by Crippen LogP contribution is 2.32. The lowest BCUT2D eigenvalue weighted by Gasteiger charge is -2.37. The molecule has 0 spiro atoms. The van der Waals surface area contributed by atoms with E-state index in [4.69, 9.17) is 4.74 Å². The third kappa shape index (κ3) is 4.95. The van der Waals surface area contributed by atoms with Crippen LogP contribution in [0.5, 0.6) is 5.75 Å². The van der Waals surface area contributed by atoms with Crippen LogP contribution in [0.2, 0.25) is 0 Å². The number of hydrogen-bond acceptors (Lipinski definition) is 5. The van der Waals surface area contributed by atoms with Crippen LogP contribution in [0.15, 0.2) is 79.3 Å². The number of ether oxygens (including phenoxy) is 1. The van der Waals surface area contributed by atoms with Gasteiger partial charge in [0.05, 0.1) is 0 Å². The molecule has 174 valence electrons. The normalized spacial score (nSPS) is 15.9. The molecule has 1 saturated heterocycles. The number of H-pyrrole nitrogens is 1. The molecule has 1 fully saturated rings. The van der Waals surface area contributed by atoms with Gasteiger partial charge >= 0.3 is 5.97 Å². The molecule has 2 N–H and O–H groups in total. The second-order valence-corrected chi connectivity index (χ2v) is 8.63. The summed E-state index contributed by atoms with van der Waals surface area (Å²) >= 11 is 0. The number of hydrogen-bond donors (Lipinski definition) is 2. The fourth-order valence-electron chi connectivity index (χ4n) is 4.59. The Morgan fingerprint density at radius 3 is 2.50 bits per heavy atom. The lowest BCUT2D eigenvalue weighted by molar-refractivity contribution is -0.144. The minimum atomic E-state index is -0.834. The Hall–Kier alpha value is -3.68. The first-order valence-corrected chi connectivity index (χ1v) is 11.5. The van der Waals surface area contributed by atoms with Crippen molar-refractivity contribution in [2.45, 2.75) is 19.2 Å². The van der Waals surface area contributed by atoms with Crippen LogP contribution in [0.25, 0.3) is 10.9 Å². The molecule has 2 aromatic heterocycles. The van der Waals surface area contributed by atoms with Crippen molar-refractivity contribution in [3.05, 3.63) is 95.9 Å². The topological polar surface area (TPSA) is 81.7 Å². The number of benzene rings is 2. The SMILES string of the molecule is O=C(O)C(c1c[nH]c2ccc(OCc3ccccc3)cc12)N1CCN(Cc2ccncc2)CC1. The van der Waals surface area contributed by atoms with Crippen LogP contribution in [0, 0.1) is 0 Å². The van der Waals surface area contributed by atoms with E-state index in [1.54, 1.807) is 12.4 Å². The molecule has 2 aromatic carbocycles. The molecule has 0 radical (unpaired) electrons. The molecule has 34 heavy (non-hydrogen) atoms. The molecule has 0 saturated carbocycles. The number of pyridine rings is 1. The van der Waals surface area contributed by atoms with Gasteiger partial charge in [0, 0.05) is 67.8 Å². The lowest BCUT2D eigenvalue weighted by atomic mass is 10.0. The predicted octanol–water partition coefficient (Wildman–Crippen LogP) is 4.09. The third-order valence-corrected chi connectivity index (χ3v) is 6.39. The van der Waals surface area contributed by atoms with Gasteiger partial charge in [-0.2, -0.15) is 0 Å². The molecule has 3 heterocycles. The largest absolute Gasteiger partial charge is 0.489 e. The summed E-state index contributed by atoms with van der Waals surface area (Å²) in [4.78, 5) is 24.1. The number of carboxylic acid groups (broad SMARTS) is 1. The van der Waals surface area contributed by atoms with Gasteiger partial charge in [0.25, 0.3) is 0 Å².